The minimum absolute atomic E-state index is 0.499. The Morgan fingerprint density at radius 2 is 1.88 bits per heavy atom. The summed E-state index contributed by atoms with van der Waals surface area (Å²) in [5.74, 6) is 2.05. The fourth-order valence-electron chi connectivity index (χ4n) is 2.43. The molecule has 0 spiro atoms. The summed E-state index contributed by atoms with van der Waals surface area (Å²) in [6.45, 7) is 0. The smallest absolute Gasteiger partial charge is 0.258 e. The molecule has 4 nitrogen and oxygen atoms in total. The van der Waals surface area contributed by atoms with Gasteiger partial charge in [0.2, 0.25) is 0 Å². The van der Waals surface area contributed by atoms with Gasteiger partial charge in [0.25, 0.3) is 5.88 Å². The molecule has 0 saturated heterocycles. The number of aromatic nitrogens is 3. The summed E-state index contributed by atoms with van der Waals surface area (Å²) in [4.78, 5) is 0. The Balaban J connectivity index is 1.71. The van der Waals surface area contributed by atoms with Crippen LogP contribution in [0.15, 0.2) is 30.5 Å². The number of nitrogens with one attached hydrogen (secondary N) is 1. The lowest BCUT2D eigenvalue weighted by Crippen LogP contribution is -1.92. The van der Waals surface area contributed by atoms with Crippen molar-refractivity contribution in [1.82, 2.24) is 15.4 Å². The van der Waals surface area contributed by atoms with Crippen LogP contribution in [0.4, 0.5) is 0 Å². The van der Waals surface area contributed by atoms with Crippen molar-refractivity contribution < 1.29 is 4.74 Å². The summed E-state index contributed by atoms with van der Waals surface area (Å²) in [6, 6.07) is 8.32. The summed E-state index contributed by atoms with van der Waals surface area (Å²) in [5.41, 5.74) is 1.43. The molecule has 1 fully saturated rings. The minimum Gasteiger partial charge on any atom is -0.436 e. The van der Waals surface area contributed by atoms with Crippen LogP contribution in [-0.4, -0.2) is 15.4 Å². The van der Waals surface area contributed by atoms with E-state index in [-0.39, 0.29) is 0 Å². The van der Waals surface area contributed by atoms with Crippen molar-refractivity contribution >= 4 is 0 Å². The highest BCUT2D eigenvalue weighted by atomic mass is 16.5. The van der Waals surface area contributed by atoms with Crippen LogP contribution in [0.2, 0.25) is 0 Å². The van der Waals surface area contributed by atoms with E-state index in [2.05, 4.69) is 27.5 Å². The number of aromatic amines is 1. The summed E-state index contributed by atoms with van der Waals surface area (Å²) in [5, 5.41) is 10.1. The zero-order valence-corrected chi connectivity index (χ0v) is 9.60. The van der Waals surface area contributed by atoms with E-state index >= 15 is 0 Å². The van der Waals surface area contributed by atoms with Crippen molar-refractivity contribution in [3.8, 4) is 11.6 Å². The lowest BCUT2D eigenvalue weighted by Gasteiger charge is -2.09. The number of nitrogens with zero attached hydrogens (tertiary/aromatic N) is 2. The third-order valence-corrected chi connectivity index (χ3v) is 3.32. The van der Waals surface area contributed by atoms with Crippen molar-refractivity contribution in [3.05, 3.63) is 36.0 Å². The Morgan fingerprint density at radius 3 is 2.53 bits per heavy atom. The highest BCUT2D eigenvalue weighted by molar-refractivity contribution is 5.31. The fraction of sp³-hybridized carbons (Fsp3) is 0.385. The van der Waals surface area contributed by atoms with Gasteiger partial charge in [-0.3, -0.25) is 0 Å². The van der Waals surface area contributed by atoms with Gasteiger partial charge in [-0.2, -0.15) is 10.3 Å². The molecule has 88 valence electrons. The predicted octanol–water partition coefficient (Wildman–Crippen LogP) is 3.25. The first-order valence-electron chi connectivity index (χ1n) is 6.05. The summed E-state index contributed by atoms with van der Waals surface area (Å²) < 4.78 is 5.53. The SMILES string of the molecule is c1cc(C2CCCC2)ccc1Oc1cn[nH]n1. The fourth-order valence-corrected chi connectivity index (χ4v) is 2.43. The molecule has 1 N–H and O–H groups in total. The average molecular weight is 229 g/mol. The molecule has 0 amide bonds. The van der Waals surface area contributed by atoms with Crippen LogP contribution in [0, 0.1) is 0 Å². The van der Waals surface area contributed by atoms with Crippen molar-refractivity contribution in [2.24, 2.45) is 0 Å². The largest absolute Gasteiger partial charge is 0.436 e. The van der Waals surface area contributed by atoms with Crippen LogP contribution in [-0.2, 0) is 0 Å². The van der Waals surface area contributed by atoms with Gasteiger partial charge in [-0.15, -0.1) is 5.10 Å². The molecule has 0 radical (unpaired) electrons. The zero-order chi connectivity index (χ0) is 11.5. The van der Waals surface area contributed by atoms with Crippen molar-refractivity contribution in [3.63, 3.8) is 0 Å². The number of benzene rings is 1. The van der Waals surface area contributed by atoms with Gasteiger partial charge in [0.15, 0.2) is 0 Å². The molecule has 0 unspecified atom stereocenters. The Kier molecular flexibility index (Phi) is 2.78. The van der Waals surface area contributed by atoms with E-state index < -0.39 is 0 Å². The average Bonchev–Trinajstić information content (AvgIpc) is 3.01. The van der Waals surface area contributed by atoms with Gasteiger partial charge in [0.1, 0.15) is 11.9 Å². The molecule has 1 aromatic heterocycles. The van der Waals surface area contributed by atoms with Gasteiger partial charge in [0.05, 0.1) is 0 Å². The molecule has 1 aromatic carbocycles. The molecule has 3 rings (SSSR count). The van der Waals surface area contributed by atoms with Gasteiger partial charge < -0.3 is 4.74 Å². The highest BCUT2D eigenvalue weighted by Gasteiger charge is 2.16. The number of rotatable bonds is 3. The van der Waals surface area contributed by atoms with E-state index in [0.717, 1.165) is 11.7 Å². The summed E-state index contributed by atoms with van der Waals surface area (Å²) in [6.07, 6.45) is 6.93. The van der Waals surface area contributed by atoms with Crippen LogP contribution in [0.25, 0.3) is 0 Å². The Hall–Kier alpha value is -1.84. The molecule has 0 aliphatic heterocycles. The van der Waals surface area contributed by atoms with Crippen molar-refractivity contribution in [2.75, 3.05) is 0 Å². The van der Waals surface area contributed by atoms with Gasteiger partial charge in [0, 0.05) is 0 Å². The quantitative estimate of drug-likeness (QED) is 0.878. The van der Waals surface area contributed by atoms with Gasteiger partial charge in [-0.05, 0) is 36.5 Å². The summed E-state index contributed by atoms with van der Waals surface area (Å²) >= 11 is 0. The molecule has 1 saturated carbocycles. The second-order valence-corrected chi connectivity index (χ2v) is 4.46. The van der Waals surface area contributed by atoms with Crippen LogP contribution in [0.5, 0.6) is 11.6 Å². The maximum absolute atomic E-state index is 5.53. The normalized spacial score (nSPS) is 16.2. The van der Waals surface area contributed by atoms with E-state index in [1.165, 1.54) is 31.2 Å². The lowest BCUT2D eigenvalue weighted by molar-refractivity contribution is 0.461. The molecule has 1 aliphatic carbocycles. The molecular weight excluding hydrogens is 214 g/mol. The second-order valence-electron chi connectivity index (χ2n) is 4.46. The van der Waals surface area contributed by atoms with Crippen LogP contribution < -0.4 is 4.74 Å². The van der Waals surface area contributed by atoms with Crippen LogP contribution in [0.3, 0.4) is 0 Å². The first kappa shape index (κ1) is 10.3. The molecule has 17 heavy (non-hydrogen) atoms. The van der Waals surface area contributed by atoms with Crippen molar-refractivity contribution in [1.29, 1.82) is 0 Å². The number of ether oxygens (including phenoxy) is 1. The predicted molar refractivity (Wildman–Crippen MR) is 64.1 cm³/mol. The van der Waals surface area contributed by atoms with E-state index in [1.54, 1.807) is 6.20 Å². The Morgan fingerprint density at radius 1 is 1.12 bits per heavy atom. The topological polar surface area (TPSA) is 50.8 Å². The van der Waals surface area contributed by atoms with Crippen molar-refractivity contribution in [2.45, 2.75) is 31.6 Å². The standard InChI is InChI=1S/C13H15N3O/c1-2-4-10(3-1)11-5-7-12(8-6-11)17-13-9-14-16-15-13/h5-10H,1-4H2,(H,14,15,16). The molecule has 1 aliphatic rings. The number of H-pyrrole nitrogens is 1. The molecule has 0 atom stereocenters. The summed E-state index contributed by atoms with van der Waals surface area (Å²) in [7, 11) is 0. The Bertz CT molecular complexity index is 458. The maximum Gasteiger partial charge on any atom is 0.258 e. The molecular formula is C13H15N3O. The third-order valence-electron chi connectivity index (χ3n) is 3.32. The van der Waals surface area contributed by atoms with E-state index in [9.17, 15) is 0 Å². The maximum atomic E-state index is 5.53. The Labute approximate surface area is 100 Å². The van der Waals surface area contributed by atoms with Gasteiger partial charge in [-0.1, -0.05) is 25.0 Å². The molecule has 0 bridgehead atoms. The number of hydrogen-bond acceptors (Lipinski definition) is 3. The van der Waals surface area contributed by atoms with Crippen LogP contribution in [0.1, 0.15) is 37.2 Å². The highest BCUT2D eigenvalue weighted by Crippen LogP contribution is 2.34. The molecule has 4 heteroatoms. The van der Waals surface area contributed by atoms with E-state index in [4.69, 9.17) is 4.74 Å². The third kappa shape index (κ3) is 2.30. The second kappa shape index (κ2) is 4.57. The first-order valence-corrected chi connectivity index (χ1v) is 6.05. The monoisotopic (exact) mass is 229 g/mol. The first-order chi connectivity index (χ1) is 8.42. The van der Waals surface area contributed by atoms with Gasteiger partial charge in [-0.25, -0.2) is 0 Å². The molecule has 2 aromatic rings. The minimum atomic E-state index is 0.499. The van der Waals surface area contributed by atoms with E-state index in [1.807, 2.05) is 12.1 Å². The van der Waals surface area contributed by atoms with E-state index in [0.29, 0.717) is 5.88 Å². The number of hydrogen-bond donors (Lipinski definition) is 1. The lowest BCUT2D eigenvalue weighted by atomic mass is 9.98. The molecule has 1 heterocycles. The van der Waals surface area contributed by atoms with Gasteiger partial charge >= 0.3 is 0 Å². The van der Waals surface area contributed by atoms with Crippen LogP contribution >= 0.6 is 0 Å². The zero-order valence-electron chi connectivity index (χ0n) is 9.60.